The third-order valence-electron chi connectivity index (χ3n) is 6.70. The number of nitrogens with zero attached hydrogens (tertiary/aromatic N) is 1. The fourth-order valence-electron chi connectivity index (χ4n) is 4.67. The predicted molar refractivity (Wildman–Crippen MR) is 108 cm³/mol. The second kappa shape index (κ2) is 7.51. The molecule has 1 aliphatic carbocycles. The zero-order chi connectivity index (χ0) is 20.6. The molecule has 1 aromatic carbocycles. The first kappa shape index (κ1) is 20.8. The lowest BCUT2D eigenvalue weighted by Crippen LogP contribution is -2.55. The highest BCUT2D eigenvalue weighted by atomic mass is 16.4. The van der Waals surface area contributed by atoms with Crippen LogP contribution in [-0.2, 0) is 20.4 Å². The van der Waals surface area contributed by atoms with E-state index in [9.17, 15) is 19.8 Å². The summed E-state index contributed by atoms with van der Waals surface area (Å²) in [5.74, 6) is -1.09. The van der Waals surface area contributed by atoms with Gasteiger partial charge in [0.05, 0.1) is 5.41 Å². The van der Waals surface area contributed by atoms with Gasteiger partial charge in [0.25, 0.3) is 0 Å². The summed E-state index contributed by atoms with van der Waals surface area (Å²) in [5, 5.41) is 19.4. The Bertz CT molecular complexity index is 718. The van der Waals surface area contributed by atoms with Crippen molar-refractivity contribution in [3.63, 3.8) is 0 Å². The number of carbonyl (C=O) groups is 2. The number of carbonyl (C=O) groups excluding carboxylic acids is 1. The molecule has 2 fully saturated rings. The van der Waals surface area contributed by atoms with Gasteiger partial charge in [-0.25, -0.2) is 4.79 Å². The van der Waals surface area contributed by atoms with E-state index in [1.165, 1.54) is 5.56 Å². The first-order valence-electron chi connectivity index (χ1n) is 10.4. The minimum absolute atomic E-state index is 0.0659. The van der Waals surface area contributed by atoms with E-state index in [-0.39, 0.29) is 24.2 Å². The number of piperidine rings is 1. The molecule has 1 saturated heterocycles. The quantitative estimate of drug-likeness (QED) is 0.830. The van der Waals surface area contributed by atoms with Gasteiger partial charge in [-0.1, -0.05) is 64.3 Å². The van der Waals surface area contributed by atoms with Gasteiger partial charge in [0.2, 0.25) is 5.91 Å². The van der Waals surface area contributed by atoms with Crippen LogP contribution in [0.1, 0.15) is 76.8 Å². The van der Waals surface area contributed by atoms with Crippen molar-refractivity contribution in [1.29, 1.82) is 0 Å². The number of amides is 1. The van der Waals surface area contributed by atoms with Crippen LogP contribution in [-0.4, -0.2) is 45.7 Å². The number of aliphatic hydroxyl groups is 1. The molecule has 0 unspecified atom stereocenters. The smallest absolute Gasteiger partial charge is 0.335 e. The lowest BCUT2D eigenvalue weighted by molar-refractivity contribution is -0.166. The van der Waals surface area contributed by atoms with Crippen LogP contribution in [0.5, 0.6) is 0 Å². The normalized spacial score (nSPS) is 21.9. The van der Waals surface area contributed by atoms with Crippen molar-refractivity contribution in [3.05, 3.63) is 35.4 Å². The van der Waals surface area contributed by atoms with Crippen molar-refractivity contribution < 1.29 is 19.8 Å². The summed E-state index contributed by atoms with van der Waals surface area (Å²) in [7, 11) is 0. The molecule has 0 aromatic heterocycles. The molecule has 1 heterocycles. The van der Waals surface area contributed by atoms with Gasteiger partial charge in [0, 0.05) is 25.9 Å². The van der Waals surface area contributed by atoms with Gasteiger partial charge >= 0.3 is 5.97 Å². The highest BCUT2D eigenvalue weighted by Crippen LogP contribution is 2.42. The Balaban J connectivity index is 1.86. The fourth-order valence-corrected chi connectivity index (χ4v) is 4.67. The van der Waals surface area contributed by atoms with E-state index in [0.717, 1.165) is 37.7 Å². The van der Waals surface area contributed by atoms with Crippen LogP contribution in [0.15, 0.2) is 24.3 Å². The van der Waals surface area contributed by atoms with Crippen molar-refractivity contribution in [1.82, 2.24) is 4.90 Å². The van der Waals surface area contributed by atoms with Crippen molar-refractivity contribution in [2.75, 3.05) is 13.1 Å². The molecule has 1 aliphatic heterocycles. The van der Waals surface area contributed by atoms with E-state index in [1.807, 2.05) is 0 Å². The SMILES string of the molecule is CC(C)(C)c1ccc(C2(C(=O)N3CCC(O)(C(=O)O)CC3)CCCCC2)cc1. The first-order valence-corrected chi connectivity index (χ1v) is 10.4. The van der Waals surface area contributed by atoms with Crippen molar-refractivity contribution in [2.24, 2.45) is 0 Å². The summed E-state index contributed by atoms with van der Waals surface area (Å²) in [6, 6.07) is 8.50. The van der Waals surface area contributed by atoms with Crippen LogP contribution >= 0.6 is 0 Å². The van der Waals surface area contributed by atoms with Gasteiger partial charge in [-0.2, -0.15) is 0 Å². The molecule has 1 saturated carbocycles. The van der Waals surface area contributed by atoms with E-state index in [2.05, 4.69) is 45.0 Å². The molecule has 154 valence electrons. The third kappa shape index (κ3) is 3.82. The zero-order valence-electron chi connectivity index (χ0n) is 17.3. The van der Waals surface area contributed by atoms with Gasteiger partial charge in [0.15, 0.2) is 5.60 Å². The highest BCUT2D eigenvalue weighted by Gasteiger charge is 2.47. The summed E-state index contributed by atoms with van der Waals surface area (Å²) >= 11 is 0. The van der Waals surface area contributed by atoms with E-state index in [1.54, 1.807) is 4.90 Å². The van der Waals surface area contributed by atoms with Crippen molar-refractivity contribution >= 4 is 11.9 Å². The van der Waals surface area contributed by atoms with Gasteiger partial charge in [0.1, 0.15) is 0 Å². The maximum atomic E-state index is 13.6. The largest absolute Gasteiger partial charge is 0.479 e. The average molecular weight is 388 g/mol. The van der Waals surface area contributed by atoms with Gasteiger partial charge in [-0.3, -0.25) is 4.79 Å². The molecule has 0 atom stereocenters. The Hall–Kier alpha value is -1.88. The number of aliphatic carboxylic acids is 1. The van der Waals surface area contributed by atoms with Crippen LogP contribution < -0.4 is 0 Å². The van der Waals surface area contributed by atoms with Crippen LogP contribution in [0.3, 0.4) is 0 Å². The Morgan fingerprint density at radius 1 is 0.929 bits per heavy atom. The summed E-state index contributed by atoms with van der Waals surface area (Å²) in [4.78, 5) is 26.7. The minimum atomic E-state index is -1.70. The molecule has 3 rings (SSSR count). The fraction of sp³-hybridized carbons (Fsp3) is 0.652. The summed E-state index contributed by atoms with van der Waals surface area (Å²) < 4.78 is 0. The summed E-state index contributed by atoms with van der Waals surface area (Å²) in [6.07, 6.45) is 5.05. The minimum Gasteiger partial charge on any atom is -0.479 e. The molecule has 5 nitrogen and oxygen atoms in total. The molecule has 0 bridgehead atoms. The number of hydrogen-bond donors (Lipinski definition) is 2. The first-order chi connectivity index (χ1) is 13.1. The number of carboxylic acid groups (broad SMARTS) is 1. The van der Waals surface area contributed by atoms with Crippen LogP contribution in [0, 0.1) is 0 Å². The summed E-state index contributed by atoms with van der Waals surface area (Å²) in [5.41, 5.74) is 0.165. The highest BCUT2D eigenvalue weighted by molar-refractivity contribution is 5.89. The second-order valence-corrected chi connectivity index (χ2v) is 9.60. The van der Waals surface area contributed by atoms with E-state index in [4.69, 9.17) is 0 Å². The predicted octanol–water partition coefficient (Wildman–Crippen LogP) is 3.62. The molecule has 1 amide bonds. The molecule has 28 heavy (non-hydrogen) atoms. The van der Waals surface area contributed by atoms with Crippen molar-refractivity contribution in [3.8, 4) is 0 Å². The van der Waals surface area contributed by atoms with Crippen molar-refractivity contribution in [2.45, 2.75) is 82.1 Å². The topological polar surface area (TPSA) is 77.8 Å². The number of carboxylic acids is 1. The molecular formula is C23H33NO4. The molecule has 2 N–H and O–H groups in total. The Kier molecular flexibility index (Phi) is 5.59. The molecule has 0 spiro atoms. The summed E-state index contributed by atoms with van der Waals surface area (Å²) in [6.45, 7) is 7.13. The molecular weight excluding hydrogens is 354 g/mol. The van der Waals surface area contributed by atoms with E-state index in [0.29, 0.717) is 13.1 Å². The standard InChI is InChI=1S/C23H33NO4/c1-21(2,3)17-7-9-18(10-8-17)22(11-5-4-6-12-22)19(25)24-15-13-23(28,14-16-24)20(26)27/h7-10,28H,4-6,11-16H2,1-3H3,(H,26,27). The second-order valence-electron chi connectivity index (χ2n) is 9.60. The number of benzene rings is 1. The van der Waals surface area contributed by atoms with Gasteiger partial charge in [-0.05, 0) is 29.4 Å². The maximum absolute atomic E-state index is 13.6. The molecule has 2 aliphatic rings. The van der Waals surface area contributed by atoms with Crippen LogP contribution in [0.2, 0.25) is 0 Å². The Labute approximate surface area is 167 Å². The number of rotatable bonds is 3. The zero-order valence-corrected chi connectivity index (χ0v) is 17.3. The van der Waals surface area contributed by atoms with Crippen LogP contribution in [0.4, 0.5) is 0 Å². The molecule has 1 aromatic rings. The molecule has 0 radical (unpaired) electrons. The number of hydrogen-bond acceptors (Lipinski definition) is 3. The lowest BCUT2D eigenvalue weighted by Gasteiger charge is -2.43. The average Bonchev–Trinajstić information content (AvgIpc) is 2.68. The van der Waals surface area contributed by atoms with Gasteiger partial charge in [-0.15, -0.1) is 0 Å². The van der Waals surface area contributed by atoms with E-state index < -0.39 is 17.0 Å². The van der Waals surface area contributed by atoms with Gasteiger partial charge < -0.3 is 15.1 Å². The molecule has 5 heteroatoms. The van der Waals surface area contributed by atoms with Crippen LogP contribution in [0.25, 0.3) is 0 Å². The Morgan fingerprint density at radius 2 is 1.46 bits per heavy atom. The number of likely N-dealkylation sites (tertiary alicyclic amines) is 1. The maximum Gasteiger partial charge on any atom is 0.335 e. The Morgan fingerprint density at radius 3 is 1.93 bits per heavy atom. The third-order valence-corrected chi connectivity index (χ3v) is 6.70. The lowest BCUT2D eigenvalue weighted by atomic mass is 9.67. The monoisotopic (exact) mass is 387 g/mol. The van der Waals surface area contributed by atoms with E-state index >= 15 is 0 Å².